The molecule has 2 aromatic rings. The van der Waals surface area contributed by atoms with Crippen molar-refractivity contribution in [3.63, 3.8) is 0 Å². The summed E-state index contributed by atoms with van der Waals surface area (Å²) < 4.78 is 5.21. The molecule has 0 bridgehead atoms. The number of hydrogen-bond donors (Lipinski definition) is 2. The minimum Gasteiger partial charge on any atom is -0.496 e. The molecule has 0 saturated heterocycles. The summed E-state index contributed by atoms with van der Waals surface area (Å²) in [5.74, 6) is 0.391. The maximum absolute atomic E-state index is 12.3. The molecule has 0 aliphatic rings. The lowest BCUT2D eigenvalue weighted by Gasteiger charge is -2.12. The summed E-state index contributed by atoms with van der Waals surface area (Å²) in [6.07, 6.45) is 0. The highest BCUT2D eigenvalue weighted by atomic mass is 16.5. The van der Waals surface area contributed by atoms with Gasteiger partial charge in [-0.25, -0.2) is 0 Å². The Labute approximate surface area is 118 Å². The predicted octanol–water partition coefficient (Wildman–Crippen LogP) is 2.67. The van der Waals surface area contributed by atoms with Gasteiger partial charge in [0.25, 0.3) is 5.91 Å². The quantitative estimate of drug-likeness (QED) is 0.878. The minimum atomic E-state index is -0.175. The second-order valence-corrected chi connectivity index (χ2v) is 4.34. The highest BCUT2D eigenvalue weighted by Gasteiger charge is 2.12. The van der Waals surface area contributed by atoms with E-state index >= 15 is 0 Å². The summed E-state index contributed by atoms with van der Waals surface area (Å²) in [6.45, 7) is 0.697. The van der Waals surface area contributed by atoms with Gasteiger partial charge in [0, 0.05) is 12.2 Å². The highest BCUT2D eigenvalue weighted by Crippen LogP contribution is 2.21. The Morgan fingerprint density at radius 3 is 2.55 bits per heavy atom. The summed E-state index contributed by atoms with van der Waals surface area (Å²) in [5, 5.41) is 6.01. The lowest BCUT2D eigenvalue weighted by atomic mass is 10.1. The fourth-order valence-electron chi connectivity index (χ4n) is 2.01. The average Bonchev–Trinajstić information content (AvgIpc) is 2.49. The zero-order valence-electron chi connectivity index (χ0n) is 11.6. The van der Waals surface area contributed by atoms with E-state index in [9.17, 15) is 4.79 Å². The summed E-state index contributed by atoms with van der Waals surface area (Å²) in [6, 6.07) is 14.9. The number of amides is 1. The maximum Gasteiger partial charge on any atom is 0.259 e. The van der Waals surface area contributed by atoms with Crippen LogP contribution in [0.15, 0.2) is 48.5 Å². The third-order valence-corrected chi connectivity index (χ3v) is 2.98. The largest absolute Gasteiger partial charge is 0.496 e. The van der Waals surface area contributed by atoms with Crippen LogP contribution in [-0.4, -0.2) is 20.1 Å². The molecule has 0 fully saturated rings. The van der Waals surface area contributed by atoms with E-state index < -0.39 is 0 Å². The minimum absolute atomic E-state index is 0.175. The Kier molecular flexibility index (Phi) is 4.74. The lowest BCUT2D eigenvalue weighted by molar-refractivity contribution is 0.102. The molecule has 4 heteroatoms. The van der Waals surface area contributed by atoms with Gasteiger partial charge < -0.3 is 15.4 Å². The molecule has 4 nitrogen and oxygen atoms in total. The van der Waals surface area contributed by atoms with Crippen LogP contribution < -0.4 is 15.4 Å². The summed E-state index contributed by atoms with van der Waals surface area (Å²) in [7, 11) is 3.43. The van der Waals surface area contributed by atoms with Gasteiger partial charge >= 0.3 is 0 Å². The second-order valence-electron chi connectivity index (χ2n) is 4.34. The van der Waals surface area contributed by atoms with Crippen LogP contribution in [0.25, 0.3) is 0 Å². The first kappa shape index (κ1) is 14.1. The van der Waals surface area contributed by atoms with Crippen molar-refractivity contribution in [3.8, 4) is 5.75 Å². The number of methoxy groups -OCH3 is 1. The van der Waals surface area contributed by atoms with E-state index in [-0.39, 0.29) is 5.91 Å². The number of carbonyl (C=O) groups excluding carboxylic acids is 1. The third-order valence-electron chi connectivity index (χ3n) is 2.98. The van der Waals surface area contributed by atoms with Gasteiger partial charge in [-0.05, 0) is 30.8 Å². The first-order chi connectivity index (χ1) is 9.76. The molecular weight excluding hydrogens is 252 g/mol. The van der Waals surface area contributed by atoms with Crippen LogP contribution in [-0.2, 0) is 6.54 Å². The van der Waals surface area contributed by atoms with Crippen LogP contribution in [0.4, 0.5) is 5.69 Å². The fraction of sp³-hybridized carbons (Fsp3) is 0.188. The Bertz CT molecular complexity index is 597. The van der Waals surface area contributed by atoms with Crippen LogP contribution in [0.3, 0.4) is 0 Å². The molecule has 0 heterocycles. The maximum atomic E-state index is 12.3. The topological polar surface area (TPSA) is 50.4 Å². The molecule has 2 N–H and O–H groups in total. The first-order valence-corrected chi connectivity index (χ1v) is 6.43. The molecule has 2 rings (SSSR count). The van der Waals surface area contributed by atoms with E-state index in [1.807, 2.05) is 43.4 Å². The third kappa shape index (κ3) is 3.16. The Morgan fingerprint density at radius 1 is 1.10 bits per heavy atom. The van der Waals surface area contributed by atoms with Gasteiger partial charge in [-0.3, -0.25) is 4.79 Å². The van der Waals surface area contributed by atoms with Gasteiger partial charge in [0.1, 0.15) is 5.75 Å². The van der Waals surface area contributed by atoms with Gasteiger partial charge in [0.05, 0.1) is 12.7 Å². The first-order valence-electron chi connectivity index (χ1n) is 6.43. The fourth-order valence-corrected chi connectivity index (χ4v) is 2.01. The molecule has 0 aromatic heterocycles. The number of para-hydroxylation sites is 2. The van der Waals surface area contributed by atoms with E-state index in [0.717, 1.165) is 11.3 Å². The molecule has 20 heavy (non-hydrogen) atoms. The molecule has 0 unspecified atom stereocenters. The van der Waals surface area contributed by atoms with Crippen molar-refractivity contribution in [2.45, 2.75) is 6.54 Å². The van der Waals surface area contributed by atoms with Crippen LogP contribution >= 0.6 is 0 Å². The Balaban J connectivity index is 2.24. The average molecular weight is 270 g/mol. The van der Waals surface area contributed by atoms with Gasteiger partial charge in [-0.15, -0.1) is 0 Å². The summed E-state index contributed by atoms with van der Waals surface area (Å²) in [4.78, 5) is 12.3. The molecule has 0 atom stereocenters. The molecule has 0 aliphatic carbocycles. The predicted molar refractivity (Wildman–Crippen MR) is 80.2 cm³/mol. The zero-order chi connectivity index (χ0) is 14.4. The van der Waals surface area contributed by atoms with Gasteiger partial charge in [-0.2, -0.15) is 0 Å². The van der Waals surface area contributed by atoms with Crippen LogP contribution in [0, 0.1) is 0 Å². The second kappa shape index (κ2) is 6.73. The zero-order valence-corrected chi connectivity index (χ0v) is 11.6. The van der Waals surface area contributed by atoms with Crippen LogP contribution in [0.2, 0.25) is 0 Å². The molecule has 2 aromatic carbocycles. The van der Waals surface area contributed by atoms with Crippen molar-refractivity contribution >= 4 is 11.6 Å². The van der Waals surface area contributed by atoms with Crippen molar-refractivity contribution in [1.82, 2.24) is 5.32 Å². The number of benzene rings is 2. The van der Waals surface area contributed by atoms with Gasteiger partial charge in [0.2, 0.25) is 0 Å². The SMILES string of the molecule is CNCc1ccccc1NC(=O)c1ccccc1OC. The number of carbonyl (C=O) groups is 1. The number of nitrogens with one attached hydrogen (secondary N) is 2. The highest BCUT2D eigenvalue weighted by molar-refractivity contribution is 6.06. The van der Waals surface area contributed by atoms with Crippen molar-refractivity contribution in [2.75, 3.05) is 19.5 Å². The molecule has 1 amide bonds. The number of anilines is 1. The smallest absolute Gasteiger partial charge is 0.259 e. The van der Waals surface area contributed by atoms with Crippen molar-refractivity contribution < 1.29 is 9.53 Å². The van der Waals surface area contributed by atoms with Crippen LogP contribution in [0.1, 0.15) is 15.9 Å². The lowest BCUT2D eigenvalue weighted by Crippen LogP contribution is -2.16. The number of rotatable bonds is 5. The molecule has 0 saturated carbocycles. The molecular formula is C16H18N2O2. The monoisotopic (exact) mass is 270 g/mol. The molecule has 0 radical (unpaired) electrons. The van der Waals surface area contributed by atoms with E-state index in [1.54, 1.807) is 19.2 Å². The van der Waals surface area contributed by atoms with E-state index in [2.05, 4.69) is 10.6 Å². The number of ether oxygens (including phenoxy) is 1. The van der Waals surface area contributed by atoms with Crippen molar-refractivity contribution in [1.29, 1.82) is 0 Å². The molecule has 0 spiro atoms. The van der Waals surface area contributed by atoms with Crippen LogP contribution in [0.5, 0.6) is 5.75 Å². The van der Waals surface area contributed by atoms with E-state index in [1.165, 1.54) is 0 Å². The molecule has 104 valence electrons. The van der Waals surface area contributed by atoms with E-state index in [0.29, 0.717) is 17.9 Å². The normalized spacial score (nSPS) is 10.1. The van der Waals surface area contributed by atoms with Gasteiger partial charge in [-0.1, -0.05) is 30.3 Å². The van der Waals surface area contributed by atoms with Crippen molar-refractivity contribution in [3.05, 3.63) is 59.7 Å². The van der Waals surface area contributed by atoms with E-state index in [4.69, 9.17) is 4.74 Å². The Hall–Kier alpha value is -2.33. The van der Waals surface area contributed by atoms with Gasteiger partial charge in [0.15, 0.2) is 0 Å². The standard InChI is InChI=1S/C16H18N2O2/c1-17-11-12-7-3-5-9-14(12)18-16(19)13-8-4-6-10-15(13)20-2/h3-10,17H,11H2,1-2H3,(H,18,19). The number of hydrogen-bond acceptors (Lipinski definition) is 3. The molecule has 0 aliphatic heterocycles. The Morgan fingerprint density at radius 2 is 1.80 bits per heavy atom. The van der Waals surface area contributed by atoms with Crippen molar-refractivity contribution in [2.24, 2.45) is 0 Å². The summed E-state index contributed by atoms with van der Waals surface area (Å²) >= 11 is 0. The summed E-state index contributed by atoms with van der Waals surface area (Å²) in [5.41, 5.74) is 2.37.